The van der Waals surface area contributed by atoms with E-state index < -0.39 is 0 Å². The third-order valence-corrected chi connectivity index (χ3v) is 2.80. The van der Waals surface area contributed by atoms with Crippen molar-refractivity contribution in [2.45, 2.75) is 25.9 Å². The molecule has 0 aliphatic heterocycles. The highest BCUT2D eigenvalue weighted by atomic mass is 35.5. The lowest BCUT2D eigenvalue weighted by Crippen LogP contribution is -2.07. The molecule has 0 unspecified atom stereocenters. The van der Waals surface area contributed by atoms with Crippen LogP contribution in [-0.4, -0.2) is 20.2 Å². The monoisotopic (exact) mass is 241 g/mol. The Morgan fingerprint density at radius 3 is 2.75 bits per heavy atom. The van der Waals surface area contributed by atoms with Gasteiger partial charge in [0.25, 0.3) is 0 Å². The predicted molar refractivity (Wildman–Crippen MR) is 68.9 cm³/mol. The number of ether oxygens (including phenoxy) is 1. The summed E-state index contributed by atoms with van der Waals surface area (Å²) in [6.07, 6.45) is 3.54. The van der Waals surface area contributed by atoms with Crippen LogP contribution in [0.3, 0.4) is 0 Å². The Morgan fingerprint density at radius 2 is 2.00 bits per heavy atom. The van der Waals surface area contributed by atoms with Gasteiger partial charge < -0.3 is 10.1 Å². The minimum Gasteiger partial charge on any atom is -0.377 e. The largest absolute Gasteiger partial charge is 0.377 e. The van der Waals surface area contributed by atoms with E-state index in [1.54, 1.807) is 0 Å². The molecule has 1 aromatic carbocycles. The van der Waals surface area contributed by atoms with Crippen molar-refractivity contribution in [3.05, 3.63) is 34.9 Å². The lowest BCUT2D eigenvalue weighted by Gasteiger charge is -2.05. The third kappa shape index (κ3) is 5.50. The molecule has 0 fully saturated rings. The van der Waals surface area contributed by atoms with Crippen LogP contribution in [0.2, 0.25) is 5.02 Å². The highest BCUT2D eigenvalue weighted by molar-refractivity contribution is 6.31. The normalized spacial score (nSPS) is 10.6. The highest BCUT2D eigenvalue weighted by Gasteiger charge is 1.98. The minimum absolute atomic E-state index is 0.617. The zero-order valence-electron chi connectivity index (χ0n) is 9.84. The summed E-state index contributed by atoms with van der Waals surface area (Å²) in [7, 11) is 1.98. The molecule has 0 saturated carbocycles. The second-order valence-corrected chi connectivity index (χ2v) is 4.22. The first-order valence-corrected chi connectivity index (χ1v) is 6.18. The number of rotatable bonds is 8. The van der Waals surface area contributed by atoms with Crippen LogP contribution in [0.1, 0.15) is 24.8 Å². The van der Waals surface area contributed by atoms with Gasteiger partial charge in [0, 0.05) is 11.6 Å². The fourth-order valence-corrected chi connectivity index (χ4v) is 1.67. The Kier molecular flexibility index (Phi) is 7.23. The second kappa shape index (κ2) is 8.57. The Balaban J connectivity index is 2.05. The highest BCUT2D eigenvalue weighted by Crippen LogP contribution is 2.15. The average Bonchev–Trinajstić information content (AvgIpc) is 2.30. The van der Waals surface area contributed by atoms with E-state index in [0.717, 1.165) is 30.2 Å². The molecule has 0 atom stereocenters. The summed E-state index contributed by atoms with van der Waals surface area (Å²) >= 11 is 6.02. The lowest BCUT2D eigenvalue weighted by atomic mass is 10.2. The maximum atomic E-state index is 6.02. The SMILES string of the molecule is CNCCCCCOCc1ccccc1Cl. The fraction of sp³-hybridized carbons (Fsp3) is 0.538. The average molecular weight is 242 g/mol. The van der Waals surface area contributed by atoms with Crippen LogP contribution in [0.5, 0.6) is 0 Å². The quantitative estimate of drug-likeness (QED) is 0.706. The Bertz CT molecular complexity index is 291. The molecule has 0 amide bonds. The summed E-state index contributed by atoms with van der Waals surface area (Å²) < 4.78 is 5.58. The molecule has 0 aliphatic rings. The summed E-state index contributed by atoms with van der Waals surface area (Å²) in [6, 6.07) is 7.82. The number of nitrogens with one attached hydrogen (secondary N) is 1. The molecule has 90 valence electrons. The first-order chi connectivity index (χ1) is 7.84. The van der Waals surface area contributed by atoms with Gasteiger partial charge in [-0.25, -0.2) is 0 Å². The van der Waals surface area contributed by atoms with Gasteiger partial charge in [0.15, 0.2) is 0 Å². The molecule has 1 aromatic rings. The van der Waals surface area contributed by atoms with Gasteiger partial charge in [-0.3, -0.25) is 0 Å². The van der Waals surface area contributed by atoms with Gasteiger partial charge in [-0.1, -0.05) is 29.8 Å². The van der Waals surface area contributed by atoms with Crippen molar-refractivity contribution in [1.29, 1.82) is 0 Å². The molecule has 0 radical (unpaired) electrons. The number of hydrogen-bond donors (Lipinski definition) is 1. The van der Waals surface area contributed by atoms with Crippen molar-refractivity contribution in [3.8, 4) is 0 Å². The van der Waals surface area contributed by atoms with Crippen LogP contribution >= 0.6 is 11.6 Å². The molecular weight excluding hydrogens is 222 g/mol. The first-order valence-electron chi connectivity index (χ1n) is 5.80. The maximum absolute atomic E-state index is 6.02. The van der Waals surface area contributed by atoms with Gasteiger partial charge >= 0.3 is 0 Å². The molecule has 0 aliphatic carbocycles. The maximum Gasteiger partial charge on any atom is 0.0731 e. The Labute approximate surface area is 103 Å². The fourth-order valence-electron chi connectivity index (χ4n) is 1.48. The van der Waals surface area contributed by atoms with Crippen molar-refractivity contribution >= 4 is 11.6 Å². The summed E-state index contributed by atoms with van der Waals surface area (Å²) in [5.41, 5.74) is 1.07. The van der Waals surface area contributed by atoms with Crippen LogP contribution in [0.15, 0.2) is 24.3 Å². The van der Waals surface area contributed by atoms with Crippen molar-refractivity contribution in [2.75, 3.05) is 20.2 Å². The molecular formula is C13H20ClNO. The van der Waals surface area contributed by atoms with Gasteiger partial charge in [0.1, 0.15) is 0 Å². The third-order valence-electron chi connectivity index (χ3n) is 2.43. The van der Waals surface area contributed by atoms with Crippen LogP contribution < -0.4 is 5.32 Å². The van der Waals surface area contributed by atoms with Crippen molar-refractivity contribution < 1.29 is 4.74 Å². The van der Waals surface area contributed by atoms with E-state index >= 15 is 0 Å². The predicted octanol–water partition coefficient (Wildman–Crippen LogP) is 3.25. The lowest BCUT2D eigenvalue weighted by molar-refractivity contribution is 0.117. The summed E-state index contributed by atoms with van der Waals surface area (Å²) in [4.78, 5) is 0. The Morgan fingerprint density at radius 1 is 1.19 bits per heavy atom. The Hall–Kier alpha value is -0.570. The molecule has 0 heterocycles. The topological polar surface area (TPSA) is 21.3 Å². The van der Waals surface area contributed by atoms with Crippen molar-refractivity contribution in [1.82, 2.24) is 5.32 Å². The standard InChI is InChI=1S/C13H20ClNO/c1-15-9-5-2-6-10-16-11-12-7-3-4-8-13(12)14/h3-4,7-8,15H,2,5-6,9-11H2,1H3. The van der Waals surface area contributed by atoms with E-state index in [9.17, 15) is 0 Å². The van der Waals surface area contributed by atoms with E-state index in [4.69, 9.17) is 16.3 Å². The zero-order chi connectivity index (χ0) is 11.6. The smallest absolute Gasteiger partial charge is 0.0731 e. The van der Waals surface area contributed by atoms with Crippen LogP contribution in [0.25, 0.3) is 0 Å². The van der Waals surface area contributed by atoms with Gasteiger partial charge in [0.05, 0.1) is 6.61 Å². The molecule has 3 heteroatoms. The van der Waals surface area contributed by atoms with E-state index in [0.29, 0.717) is 6.61 Å². The summed E-state index contributed by atoms with van der Waals surface area (Å²) in [5, 5.41) is 3.92. The van der Waals surface area contributed by atoms with Gasteiger partial charge in [-0.05, 0) is 44.5 Å². The first kappa shape index (κ1) is 13.5. The second-order valence-electron chi connectivity index (χ2n) is 3.81. The molecule has 1 rings (SSSR count). The van der Waals surface area contributed by atoms with Crippen molar-refractivity contribution in [3.63, 3.8) is 0 Å². The zero-order valence-corrected chi connectivity index (χ0v) is 10.6. The molecule has 16 heavy (non-hydrogen) atoms. The van der Waals surface area contributed by atoms with Crippen LogP contribution in [0, 0.1) is 0 Å². The molecule has 0 spiro atoms. The molecule has 0 bridgehead atoms. The molecule has 1 N–H and O–H groups in total. The molecule has 2 nitrogen and oxygen atoms in total. The summed E-state index contributed by atoms with van der Waals surface area (Å²) in [6.45, 7) is 2.52. The van der Waals surface area contributed by atoms with E-state index in [1.807, 2.05) is 31.3 Å². The van der Waals surface area contributed by atoms with Crippen LogP contribution in [0.4, 0.5) is 0 Å². The van der Waals surface area contributed by atoms with E-state index in [-0.39, 0.29) is 0 Å². The van der Waals surface area contributed by atoms with Gasteiger partial charge in [-0.2, -0.15) is 0 Å². The van der Waals surface area contributed by atoms with E-state index in [1.165, 1.54) is 12.8 Å². The minimum atomic E-state index is 0.617. The number of hydrogen-bond acceptors (Lipinski definition) is 2. The van der Waals surface area contributed by atoms with Gasteiger partial charge in [-0.15, -0.1) is 0 Å². The summed E-state index contributed by atoms with van der Waals surface area (Å²) in [5.74, 6) is 0. The molecule has 0 saturated heterocycles. The van der Waals surface area contributed by atoms with Crippen molar-refractivity contribution in [2.24, 2.45) is 0 Å². The number of benzene rings is 1. The van der Waals surface area contributed by atoms with Crippen LogP contribution in [-0.2, 0) is 11.3 Å². The van der Waals surface area contributed by atoms with E-state index in [2.05, 4.69) is 5.32 Å². The number of halogens is 1. The van der Waals surface area contributed by atoms with Gasteiger partial charge in [0.2, 0.25) is 0 Å². The molecule has 0 aromatic heterocycles. The number of unbranched alkanes of at least 4 members (excludes halogenated alkanes) is 2.